The molecule has 0 aliphatic carbocycles. The Balaban J connectivity index is 2.49. The van der Waals surface area contributed by atoms with Crippen molar-refractivity contribution in [2.45, 2.75) is 51.4 Å². The first-order valence-corrected chi connectivity index (χ1v) is 5.28. The second kappa shape index (κ2) is 4.31. The Morgan fingerprint density at radius 3 is 2.29 bits per heavy atom. The number of carbonyl (C=O) groups excluding carboxylic acids is 1. The van der Waals surface area contributed by atoms with Crippen molar-refractivity contribution < 1.29 is 19.4 Å². The van der Waals surface area contributed by atoms with Gasteiger partial charge in [0.25, 0.3) is 0 Å². The van der Waals surface area contributed by atoms with Gasteiger partial charge in [-0.25, -0.2) is 9.59 Å². The molecule has 1 amide bonds. The highest BCUT2D eigenvalue weighted by Gasteiger charge is 2.40. The van der Waals surface area contributed by atoms with Crippen molar-refractivity contribution >= 4 is 12.1 Å². The van der Waals surface area contributed by atoms with Gasteiger partial charge in [-0.05, 0) is 27.7 Å². The number of aliphatic carboxylic acids is 1. The van der Waals surface area contributed by atoms with E-state index in [0.29, 0.717) is 0 Å². The molecular formula is C10H17N3O4. The zero-order valence-corrected chi connectivity index (χ0v) is 10.4. The minimum Gasteiger partial charge on any atom is -0.480 e. The molecule has 96 valence electrons. The van der Waals surface area contributed by atoms with Crippen LogP contribution in [0.25, 0.3) is 0 Å². The van der Waals surface area contributed by atoms with Gasteiger partial charge in [-0.1, -0.05) is 0 Å². The quantitative estimate of drug-likeness (QED) is 0.781. The third kappa shape index (κ3) is 4.80. The van der Waals surface area contributed by atoms with Gasteiger partial charge < -0.3 is 15.2 Å². The van der Waals surface area contributed by atoms with E-state index in [2.05, 4.69) is 15.5 Å². The van der Waals surface area contributed by atoms with Gasteiger partial charge in [0.2, 0.25) is 0 Å². The first kappa shape index (κ1) is 13.4. The maximum atomic E-state index is 11.4. The molecule has 0 aromatic rings. The van der Waals surface area contributed by atoms with E-state index in [-0.39, 0.29) is 6.42 Å². The predicted octanol–water partition coefficient (Wildman–Crippen LogP) is 1.54. The average Bonchev–Trinajstić information content (AvgIpc) is 2.78. The summed E-state index contributed by atoms with van der Waals surface area (Å²) in [4.78, 5) is 22.4. The number of carboxylic acid groups (broad SMARTS) is 1. The van der Waals surface area contributed by atoms with Gasteiger partial charge in [0, 0.05) is 6.42 Å². The fourth-order valence-corrected chi connectivity index (χ4v) is 1.20. The predicted molar refractivity (Wildman–Crippen MR) is 58.7 cm³/mol. The van der Waals surface area contributed by atoms with Crippen LogP contribution in [0.5, 0.6) is 0 Å². The molecule has 0 aromatic carbocycles. The average molecular weight is 243 g/mol. The van der Waals surface area contributed by atoms with Gasteiger partial charge in [-0.15, -0.1) is 0 Å². The molecule has 7 heteroatoms. The lowest BCUT2D eigenvalue weighted by atomic mass is 10.1. The highest BCUT2D eigenvalue weighted by Crippen LogP contribution is 2.32. The fourth-order valence-electron chi connectivity index (χ4n) is 1.20. The van der Waals surface area contributed by atoms with Crippen molar-refractivity contribution in [3.05, 3.63) is 0 Å². The van der Waals surface area contributed by atoms with Crippen LogP contribution in [0, 0.1) is 0 Å². The molecule has 7 nitrogen and oxygen atoms in total. The van der Waals surface area contributed by atoms with Crippen LogP contribution in [-0.2, 0) is 9.53 Å². The van der Waals surface area contributed by atoms with E-state index in [1.54, 1.807) is 27.7 Å². The third-order valence-corrected chi connectivity index (χ3v) is 2.02. The lowest BCUT2D eigenvalue weighted by molar-refractivity contribution is -0.139. The number of nitrogens with zero attached hydrogens (tertiary/aromatic N) is 2. The maximum absolute atomic E-state index is 11.4. The number of hydrogen-bond acceptors (Lipinski definition) is 5. The molecule has 0 saturated heterocycles. The molecule has 1 rings (SSSR count). The first-order valence-electron chi connectivity index (χ1n) is 5.28. The van der Waals surface area contributed by atoms with Gasteiger partial charge >= 0.3 is 12.1 Å². The normalized spacial score (nSPS) is 18.4. The van der Waals surface area contributed by atoms with E-state index in [9.17, 15) is 9.59 Å². The molecule has 1 aliphatic rings. The molecule has 2 N–H and O–H groups in total. The summed E-state index contributed by atoms with van der Waals surface area (Å²) < 4.78 is 4.98. The van der Waals surface area contributed by atoms with E-state index in [0.717, 1.165) is 0 Å². The van der Waals surface area contributed by atoms with Crippen LogP contribution in [0.4, 0.5) is 4.79 Å². The molecule has 17 heavy (non-hydrogen) atoms. The van der Waals surface area contributed by atoms with E-state index in [4.69, 9.17) is 9.84 Å². The molecule has 0 fully saturated rings. The van der Waals surface area contributed by atoms with Gasteiger partial charge in [0.15, 0.2) is 5.66 Å². The van der Waals surface area contributed by atoms with Crippen molar-refractivity contribution in [2.24, 2.45) is 10.2 Å². The molecular weight excluding hydrogens is 226 g/mol. The lowest BCUT2D eigenvalue weighted by Gasteiger charge is -2.22. The van der Waals surface area contributed by atoms with Gasteiger partial charge in [-0.2, -0.15) is 10.2 Å². The SMILES string of the molecule is CC1(C[C@@H](NC(=O)OC(C)(C)C)C(=O)O)N=N1. The number of nitrogens with one attached hydrogen (secondary N) is 1. The fraction of sp³-hybridized carbons (Fsp3) is 0.800. The van der Waals surface area contributed by atoms with Crippen molar-refractivity contribution in [3.63, 3.8) is 0 Å². The summed E-state index contributed by atoms with van der Waals surface area (Å²) in [6.45, 7) is 6.80. The molecule has 0 saturated carbocycles. The van der Waals surface area contributed by atoms with Gasteiger partial charge in [-0.3, -0.25) is 0 Å². The van der Waals surface area contributed by atoms with E-state index < -0.39 is 29.4 Å². The minimum atomic E-state index is -1.13. The van der Waals surface area contributed by atoms with Crippen LogP contribution in [0.1, 0.15) is 34.1 Å². The van der Waals surface area contributed by atoms with Crippen molar-refractivity contribution in [1.29, 1.82) is 0 Å². The Labute approximate surface area is 99.2 Å². The number of rotatable bonds is 4. The second-order valence-corrected chi connectivity index (χ2v) is 5.16. The van der Waals surface area contributed by atoms with Crippen LogP contribution in [0.15, 0.2) is 10.2 Å². The summed E-state index contributed by atoms with van der Waals surface area (Å²) in [5.74, 6) is -1.13. The monoisotopic (exact) mass is 243 g/mol. The molecule has 0 bridgehead atoms. The number of ether oxygens (including phenoxy) is 1. The van der Waals surface area contributed by atoms with Crippen LogP contribution in [0.3, 0.4) is 0 Å². The van der Waals surface area contributed by atoms with Crippen LogP contribution in [-0.4, -0.2) is 34.5 Å². The highest BCUT2D eigenvalue weighted by atomic mass is 16.6. The number of carbonyl (C=O) groups is 2. The molecule has 1 heterocycles. The minimum absolute atomic E-state index is 0.127. The second-order valence-electron chi connectivity index (χ2n) is 5.16. The number of hydrogen-bond donors (Lipinski definition) is 2. The Kier molecular flexibility index (Phi) is 3.40. The molecule has 1 atom stereocenters. The topological polar surface area (TPSA) is 100 Å². The van der Waals surface area contributed by atoms with Crippen molar-refractivity contribution in [1.82, 2.24) is 5.32 Å². The Hall–Kier alpha value is -1.66. The maximum Gasteiger partial charge on any atom is 0.408 e. The van der Waals surface area contributed by atoms with E-state index >= 15 is 0 Å². The number of amides is 1. The smallest absolute Gasteiger partial charge is 0.408 e. The summed E-state index contributed by atoms with van der Waals surface area (Å²) in [6, 6.07) is -1.05. The molecule has 0 radical (unpaired) electrons. The first-order chi connectivity index (χ1) is 7.61. The zero-order valence-electron chi connectivity index (χ0n) is 10.4. The zero-order chi connectivity index (χ0) is 13.3. The van der Waals surface area contributed by atoms with Crippen LogP contribution < -0.4 is 5.32 Å². The lowest BCUT2D eigenvalue weighted by Crippen LogP contribution is -2.45. The van der Waals surface area contributed by atoms with Crippen LogP contribution in [0.2, 0.25) is 0 Å². The summed E-state index contributed by atoms with van der Waals surface area (Å²) in [7, 11) is 0. The molecule has 0 unspecified atom stereocenters. The molecule has 1 aliphatic heterocycles. The molecule has 0 aromatic heterocycles. The highest BCUT2D eigenvalue weighted by molar-refractivity contribution is 5.80. The van der Waals surface area contributed by atoms with Gasteiger partial charge in [0.1, 0.15) is 11.6 Å². The number of alkyl carbamates (subject to hydrolysis) is 1. The van der Waals surface area contributed by atoms with Gasteiger partial charge in [0.05, 0.1) is 0 Å². The third-order valence-electron chi connectivity index (χ3n) is 2.02. The number of carboxylic acids is 1. The van der Waals surface area contributed by atoms with Crippen molar-refractivity contribution in [2.75, 3.05) is 0 Å². The Bertz CT molecular complexity index is 353. The summed E-state index contributed by atoms with van der Waals surface area (Å²) >= 11 is 0. The molecule has 0 spiro atoms. The van der Waals surface area contributed by atoms with Crippen LogP contribution >= 0.6 is 0 Å². The van der Waals surface area contributed by atoms with E-state index in [1.165, 1.54) is 0 Å². The summed E-state index contributed by atoms with van der Waals surface area (Å²) in [5, 5.41) is 18.7. The largest absolute Gasteiger partial charge is 0.480 e. The standard InChI is InChI=1S/C10H17N3O4/c1-9(2,3)17-8(16)11-6(7(14)15)5-10(4)12-13-10/h6H,5H2,1-4H3,(H,11,16)(H,14,15)/t6-/m1/s1. The van der Waals surface area contributed by atoms with Crippen molar-refractivity contribution in [3.8, 4) is 0 Å². The summed E-state index contributed by atoms with van der Waals surface area (Å²) in [6.07, 6.45) is -0.629. The Morgan fingerprint density at radius 1 is 1.41 bits per heavy atom. The Morgan fingerprint density at radius 2 is 1.94 bits per heavy atom. The van der Waals surface area contributed by atoms with E-state index in [1.807, 2.05) is 0 Å². The summed E-state index contributed by atoms with van der Waals surface area (Å²) in [5.41, 5.74) is -1.34.